The minimum atomic E-state index is 0.172. The van der Waals surface area contributed by atoms with E-state index in [1.807, 2.05) is 13.2 Å². The summed E-state index contributed by atoms with van der Waals surface area (Å²) >= 11 is 0. The van der Waals surface area contributed by atoms with E-state index in [1.165, 1.54) is 18.4 Å². The van der Waals surface area contributed by atoms with Crippen LogP contribution in [0.2, 0.25) is 0 Å². The molecule has 0 radical (unpaired) electrons. The molecule has 1 aromatic rings. The van der Waals surface area contributed by atoms with Crippen molar-refractivity contribution < 1.29 is 4.42 Å². The maximum Gasteiger partial charge on any atom is 0.100 e. The number of nitrogens with two attached hydrogens (primary N) is 1. The van der Waals surface area contributed by atoms with Gasteiger partial charge in [0.25, 0.3) is 0 Å². The fourth-order valence-corrected chi connectivity index (χ4v) is 1.43. The van der Waals surface area contributed by atoms with Crippen molar-refractivity contribution in [1.82, 2.24) is 0 Å². The van der Waals surface area contributed by atoms with Gasteiger partial charge in [-0.3, -0.25) is 0 Å². The Morgan fingerprint density at radius 2 is 2.33 bits per heavy atom. The molecule has 0 unspecified atom stereocenters. The Labute approximate surface area is 72.7 Å². The van der Waals surface area contributed by atoms with Gasteiger partial charge in [0.1, 0.15) is 5.76 Å². The Morgan fingerprint density at radius 1 is 1.58 bits per heavy atom. The van der Waals surface area contributed by atoms with Crippen LogP contribution in [-0.2, 0) is 6.42 Å². The summed E-state index contributed by atoms with van der Waals surface area (Å²) in [6.45, 7) is 1.97. The summed E-state index contributed by atoms with van der Waals surface area (Å²) in [5, 5.41) is 0. The van der Waals surface area contributed by atoms with Crippen LogP contribution in [0.15, 0.2) is 16.7 Å². The average Bonchev–Trinajstić information content (AvgIpc) is 2.60. The van der Waals surface area contributed by atoms with Crippen molar-refractivity contribution in [2.24, 2.45) is 5.73 Å². The van der Waals surface area contributed by atoms with Crippen molar-refractivity contribution >= 4 is 0 Å². The number of hydrogen-bond donors (Lipinski definition) is 1. The lowest BCUT2D eigenvalue weighted by atomic mass is 10.1. The molecule has 1 heterocycles. The molecule has 1 aliphatic rings. The topological polar surface area (TPSA) is 39.2 Å². The molecule has 12 heavy (non-hydrogen) atoms. The molecule has 1 aliphatic carbocycles. The number of furan rings is 1. The molecule has 0 aliphatic heterocycles. The van der Waals surface area contributed by atoms with E-state index in [0.29, 0.717) is 0 Å². The van der Waals surface area contributed by atoms with Gasteiger partial charge in [0.2, 0.25) is 0 Å². The summed E-state index contributed by atoms with van der Waals surface area (Å²) in [5.41, 5.74) is 7.42. The van der Waals surface area contributed by atoms with Gasteiger partial charge in [0.15, 0.2) is 0 Å². The smallest absolute Gasteiger partial charge is 0.100 e. The quantitative estimate of drug-likeness (QED) is 0.744. The second kappa shape index (κ2) is 2.63. The Hall–Kier alpha value is -0.760. The molecule has 0 bridgehead atoms. The molecule has 0 saturated heterocycles. The van der Waals surface area contributed by atoms with Crippen LogP contribution in [0.4, 0.5) is 0 Å². The van der Waals surface area contributed by atoms with Crippen molar-refractivity contribution in [2.75, 3.05) is 0 Å². The molecule has 0 aromatic carbocycles. The van der Waals surface area contributed by atoms with Crippen molar-refractivity contribution in [3.05, 3.63) is 23.7 Å². The first-order chi connectivity index (χ1) is 5.68. The number of aryl methyl sites for hydroxylation is 2. The van der Waals surface area contributed by atoms with E-state index >= 15 is 0 Å². The fourth-order valence-electron chi connectivity index (χ4n) is 1.43. The number of hydrogen-bond acceptors (Lipinski definition) is 2. The average molecular weight is 165 g/mol. The van der Waals surface area contributed by atoms with E-state index in [4.69, 9.17) is 10.2 Å². The monoisotopic (exact) mass is 165 g/mol. The molecular formula is C10H15NO. The Kier molecular flexibility index (Phi) is 1.72. The van der Waals surface area contributed by atoms with Crippen LogP contribution >= 0.6 is 0 Å². The van der Waals surface area contributed by atoms with E-state index in [9.17, 15) is 0 Å². The van der Waals surface area contributed by atoms with Gasteiger partial charge in [-0.05, 0) is 44.2 Å². The molecule has 2 nitrogen and oxygen atoms in total. The van der Waals surface area contributed by atoms with Crippen molar-refractivity contribution in [3.8, 4) is 0 Å². The molecule has 0 spiro atoms. The normalized spacial score (nSPS) is 19.5. The largest absolute Gasteiger partial charge is 0.469 e. The molecule has 2 N–H and O–H groups in total. The van der Waals surface area contributed by atoms with Crippen LogP contribution in [0.25, 0.3) is 0 Å². The van der Waals surface area contributed by atoms with Gasteiger partial charge >= 0.3 is 0 Å². The van der Waals surface area contributed by atoms with Crippen molar-refractivity contribution in [1.29, 1.82) is 0 Å². The molecule has 2 heteroatoms. The van der Waals surface area contributed by atoms with E-state index < -0.39 is 0 Å². The van der Waals surface area contributed by atoms with Gasteiger partial charge in [-0.1, -0.05) is 0 Å². The lowest BCUT2D eigenvalue weighted by Gasteiger charge is -2.05. The molecule has 0 amide bonds. The van der Waals surface area contributed by atoms with E-state index in [-0.39, 0.29) is 5.54 Å². The summed E-state index contributed by atoms with van der Waals surface area (Å²) in [6.07, 6.45) is 6.40. The highest BCUT2D eigenvalue weighted by Crippen LogP contribution is 2.36. The Balaban J connectivity index is 1.87. The predicted molar refractivity (Wildman–Crippen MR) is 47.9 cm³/mol. The van der Waals surface area contributed by atoms with Gasteiger partial charge in [0, 0.05) is 5.54 Å². The summed E-state index contributed by atoms with van der Waals surface area (Å²) in [6, 6.07) is 2.09. The molecule has 1 aromatic heterocycles. The van der Waals surface area contributed by atoms with E-state index in [1.54, 1.807) is 0 Å². The van der Waals surface area contributed by atoms with Crippen molar-refractivity contribution in [3.63, 3.8) is 0 Å². The third kappa shape index (κ3) is 1.69. The minimum absolute atomic E-state index is 0.172. The summed E-state index contributed by atoms with van der Waals surface area (Å²) in [7, 11) is 0. The molecule has 0 atom stereocenters. The highest BCUT2D eigenvalue weighted by Gasteiger charge is 2.37. The van der Waals surface area contributed by atoms with Gasteiger partial charge in [-0.15, -0.1) is 0 Å². The first-order valence-electron chi connectivity index (χ1n) is 4.51. The summed E-state index contributed by atoms with van der Waals surface area (Å²) in [4.78, 5) is 0. The summed E-state index contributed by atoms with van der Waals surface area (Å²) in [5.74, 6) is 0.992. The van der Waals surface area contributed by atoms with Gasteiger partial charge in [-0.25, -0.2) is 0 Å². The zero-order valence-corrected chi connectivity index (χ0v) is 7.47. The van der Waals surface area contributed by atoms with Crippen LogP contribution in [0, 0.1) is 6.92 Å². The SMILES string of the molecule is Cc1cc(CCC2(N)CC2)co1. The third-order valence-electron chi connectivity index (χ3n) is 2.59. The lowest BCUT2D eigenvalue weighted by molar-refractivity contribution is 0.529. The van der Waals surface area contributed by atoms with Crippen LogP contribution < -0.4 is 5.73 Å². The Morgan fingerprint density at radius 3 is 2.83 bits per heavy atom. The maximum absolute atomic E-state index is 5.97. The summed E-state index contributed by atoms with van der Waals surface area (Å²) < 4.78 is 5.21. The first-order valence-corrected chi connectivity index (χ1v) is 4.51. The Bertz CT molecular complexity index is 273. The van der Waals surface area contributed by atoms with Crippen LogP contribution in [0.5, 0.6) is 0 Å². The zero-order chi connectivity index (χ0) is 8.60. The van der Waals surface area contributed by atoms with Crippen molar-refractivity contribution in [2.45, 2.75) is 38.1 Å². The van der Waals surface area contributed by atoms with Gasteiger partial charge < -0.3 is 10.2 Å². The third-order valence-corrected chi connectivity index (χ3v) is 2.59. The second-order valence-electron chi connectivity index (χ2n) is 3.93. The molecule has 2 rings (SSSR count). The second-order valence-corrected chi connectivity index (χ2v) is 3.93. The molecular weight excluding hydrogens is 150 g/mol. The van der Waals surface area contributed by atoms with Crippen LogP contribution in [0.3, 0.4) is 0 Å². The van der Waals surface area contributed by atoms with Crippen LogP contribution in [0.1, 0.15) is 30.6 Å². The number of rotatable bonds is 3. The highest BCUT2D eigenvalue weighted by atomic mass is 16.3. The zero-order valence-electron chi connectivity index (χ0n) is 7.47. The van der Waals surface area contributed by atoms with E-state index in [0.717, 1.165) is 18.6 Å². The molecule has 1 saturated carbocycles. The minimum Gasteiger partial charge on any atom is -0.469 e. The molecule has 66 valence electrons. The van der Waals surface area contributed by atoms with Gasteiger partial charge in [-0.2, -0.15) is 0 Å². The maximum atomic E-state index is 5.97. The molecule has 1 fully saturated rings. The van der Waals surface area contributed by atoms with Gasteiger partial charge in [0.05, 0.1) is 6.26 Å². The fraction of sp³-hybridized carbons (Fsp3) is 0.600. The van der Waals surface area contributed by atoms with Crippen LogP contribution in [-0.4, -0.2) is 5.54 Å². The lowest BCUT2D eigenvalue weighted by Crippen LogP contribution is -2.21. The first kappa shape index (κ1) is 7.87. The van der Waals surface area contributed by atoms with E-state index in [2.05, 4.69) is 6.07 Å². The standard InChI is InChI=1S/C10H15NO/c1-8-6-9(7-12-8)2-3-10(11)4-5-10/h6-7H,2-5,11H2,1H3. The highest BCUT2D eigenvalue weighted by molar-refractivity contribution is 5.13. The predicted octanol–water partition coefficient (Wildman–Crippen LogP) is 2.01.